The summed E-state index contributed by atoms with van der Waals surface area (Å²) in [7, 11) is 0. The van der Waals surface area contributed by atoms with Crippen molar-refractivity contribution in [2.45, 2.75) is 38.7 Å². The fourth-order valence-corrected chi connectivity index (χ4v) is 2.21. The van der Waals surface area contributed by atoms with Crippen LogP contribution in [0.3, 0.4) is 0 Å². The van der Waals surface area contributed by atoms with Crippen molar-refractivity contribution in [3.63, 3.8) is 0 Å². The van der Waals surface area contributed by atoms with Gasteiger partial charge in [0, 0.05) is 5.41 Å². The number of benzene rings is 1. The average molecular weight is 228 g/mol. The normalized spacial score (nSPS) is 20.2. The van der Waals surface area contributed by atoms with Crippen molar-refractivity contribution in [3.05, 3.63) is 59.2 Å². The Bertz CT molecular complexity index is 449. The molecule has 0 saturated carbocycles. The first kappa shape index (κ1) is 12.1. The topological polar surface area (TPSA) is 20.2 Å². The average Bonchev–Trinajstić information content (AvgIpc) is 2.30. The molecule has 1 atom stereocenters. The Balaban J connectivity index is 2.30. The Morgan fingerprint density at radius 3 is 2.35 bits per heavy atom. The molecule has 0 spiro atoms. The lowest BCUT2D eigenvalue weighted by molar-refractivity contribution is 0.224. The third kappa shape index (κ3) is 2.50. The molecule has 1 N–H and O–H groups in total. The summed E-state index contributed by atoms with van der Waals surface area (Å²) in [6.45, 7) is 6.56. The van der Waals surface area contributed by atoms with Crippen LogP contribution in [0.25, 0.3) is 0 Å². The Kier molecular flexibility index (Phi) is 3.21. The quantitative estimate of drug-likeness (QED) is 0.821. The van der Waals surface area contributed by atoms with Gasteiger partial charge in [-0.15, -0.1) is 0 Å². The molecule has 1 aliphatic carbocycles. The van der Waals surface area contributed by atoms with Crippen LogP contribution < -0.4 is 0 Å². The molecule has 1 heteroatoms. The van der Waals surface area contributed by atoms with Crippen molar-refractivity contribution in [1.82, 2.24) is 0 Å². The zero-order valence-corrected chi connectivity index (χ0v) is 10.8. The van der Waals surface area contributed by atoms with E-state index < -0.39 is 0 Å². The Hall–Kier alpha value is -1.34. The minimum atomic E-state index is -0.312. The van der Waals surface area contributed by atoms with Gasteiger partial charge < -0.3 is 5.11 Å². The van der Waals surface area contributed by atoms with E-state index >= 15 is 0 Å². The van der Waals surface area contributed by atoms with Crippen LogP contribution in [0, 0.1) is 6.92 Å². The minimum Gasteiger partial charge on any atom is -0.389 e. The molecule has 0 amide bonds. The van der Waals surface area contributed by atoms with E-state index in [9.17, 15) is 5.11 Å². The van der Waals surface area contributed by atoms with E-state index in [0.717, 1.165) is 6.42 Å². The maximum Gasteiger partial charge on any atom is 0.0758 e. The van der Waals surface area contributed by atoms with Gasteiger partial charge in [-0.2, -0.15) is 0 Å². The Morgan fingerprint density at radius 2 is 1.82 bits per heavy atom. The van der Waals surface area contributed by atoms with Crippen molar-refractivity contribution < 1.29 is 5.11 Å². The fourth-order valence-electron chi connectivity index (χ4n) is 2.21. The largest absolute Gasteiger partial charge is 0.389 e. The highest BCUT2D eigenvalue weighted by atomic mass is 16.3. The summed E-state index contributed by atoms with van der Waals surface area (Å²) in [4.78, 5) is 0. The first-order chi connectivity index (χ1) is 8.00. The number of hydrogen-bond donors (Lipinski definition) is 1. The predicted molar refractivity (Wildman–Crippen MR) is 72.1 cm³/mol. The van der Waals surface area contributed by atoms with E-state index in [0.29, 0.717) is 0 Å². The van der Waals surface area contributed by atoms with Gasteiger partial charge in [0.1, 0.15) is 0 Å². The monoisotopic (exact) mass is 228 g/mol. The predicted octanol–water partition coefficient (Wildman–Crippen LogP) is 3.52. The highest BCUT2D eigenvalue weighted by molar-refractivity contribution is 5.42. The van der Waals surface area contributed by atoms with Gasteiger partial charge in [0.2, 0.25) is 0 Å². The van der Waals surface area contributed by atoms with E-state index in [4.69, 9.17) is 0 Å². The van der Waals surface area contributed by atoms with Gasteiger partial charge in [0.25, 0.3) is 0 Å². The first-order valence-corrected chi connectivity index (χ1v) is 6.14. The molecule has 1 unspecified atom stereocenters. The molecule has 0 heterocycles. The van der Waals surface area contributed by atoms with Gasteiger partial charge in [0.15, 0.2) is 0 Å². The van der Waals surface area contributed by atoms with E-state index in [1.54, 1.807) is 0 Å². The van der Waals surface area contributed by atoms with E-state index in [1.165, 1.54) is 16.7 Å². The second-order valence-electron chi connectivity index (χ2n) is 5.31. The lowest BCUT2D eigenvalue weighted by Crippen LogP contribution is -2.21. The van der Waals surface area contributed by atoms with Crippen molar-refractivity contribution in [2.75, 3.05) is 0 Å². The summed E-state index contributed by atoms with van der Waals surface area (Å²) >= 11 is 0. The summed E-state index contributed by atoms with van der Waals surface area (Å²) < 4.78 is 0. The van der Waals surface area contributed by atoms with Crippen molar-refractivity contribution in [1.29, 1.82) is 0 Å². The number of hydrogen-bond acceptors (Lipinski definition) is 1. The number of aliphatic hydroxyl groups excluding tert-OH is 1. The molecule has 1 aromatic rings. The van der Waals surface area contributed by atoms with Gasteiger partial charge in [0.05, 0.1) is 6.10 Å². The van der Waals surface area contributed by atoms with Crippen LogP contribution in [0.2, 0.25) is 0 Å². The molecule has 0 bridgehead atoms. The molecule has 1 nitrogen and oxygen atoms in total. The minimum absolute atomic E-state index is 0.00431. The van der Waals surface area contributed by atoms with Gasteiger partial charge >= 0.3 is 0 Å². The third-order valence-corrected chi connectivity index (χ3v) is 3.57. The molecule has 90 valence electrons. The van der Waals surface area contributed by atoms with Gasteiger partial charge in [-0.1, -0.05) is 61.9 Å². The van der Waals surface area contributed by atoms with Gasteiger partial charge in [-0.25, -0.2) is 0 Å². The lowest BCUT2D eigenvalue weighted by atomic mass is 9.75. The van der Waals surface area contributed by atoms with Crippen molar-refractivity contribution in [3.8, 4) is 0 Å². The van der Waals surface area contributed by atoms with Crippen LogP contribution in [0.15, 0.2) is 48.1 Å². The van der Waals surface area contributed by atoms with Crippen LogP contribution in [0.1, 0.15) is 31.4 Å². The molecule has 1 aromatic carbocycles. The van der Waals surface area contributed by atoms with Crippen molar-refractivity contribution in [2.24, 2.45) is 0 Å². The van der Waals surface area contributed by atoms with Crippen LogP contribution in [-0.2, 0) is 5.41 Å². The summed E-state index contributed by atoms with van der Waals surface area (Å²) in [5.41, 5.74) is 3.89. The first-order valence-electron chi connectivity index (χ1n) is 6.14. The molecule has 0 radical (unpaired) electrons. The SMILES string of the molecule is Cc1ccc(C(C)(C)C2=CCC(O)C=C2)cc1. The zero-order chi connectivity index (χ0) is 12.5. The number of rotatable bonds is 2. The summed E-state index contributed by atoms with van der Waals surface area (Å²) in [5.74, 6) is 0. The fraction of sp³-hybridized carbons (Fsp3) is 0.375. The van der Waals surface area contributed by atoms with Crippen LogP contribution in [0.4, 0.5) is 0 Å². The zero-order valence-electron chi connectivity index (χ0n) is 10.8. The highest BCUT2D eigenvalue weighted by Gasteiger charge is 2.25. The summed E-state index contributed by atoms with van der Waals surface area (Å²) in [5, 5.41) is 9.47. The van der Waals surface area contributed by atoms with Crippen LogP contribution in [0.5, 0.6) is 0 Å². The third-order valence-electron chi connectivity index (χ3n) is 3.57. The van der Waals surface area contributed by atoms with Gasteiger partial charge in [-0.3, -0.25) is 0 Å². The highest BCUT2D eigenvalue weighted by Crippen LogP contribution is 2.34. The maximum atomic E-state index is 9.47. The number of aryl methyl sites for hydroxylation is 1. The maximum absolute atomic E-state index is 9.47. The van der Waals surface area contributed by atoms with Crippen molar-refractivity contribution >= 4 is 0 Å². The second-order valence-corrected chi connectivity index (χ2v) is 5.31. The molecule has 17 heavy (non-hydrogen) atoms. The Morgan fingerprint density at radius 1 is 1.18 bits per heavy atom. The molecule has 2 rings (SSSR count). The molecule has 0 saturated heterocycles. The van der Waals surface area contributed by atoms with Gasteiger partial charge in [-0.05, 0) is 24.5 Å². The summed E-state index contributed by atoms with van der Waals surface area (Å²) in [6, 6.07) is 8.68. The smallest absolute Gasteiger partial charge is 0.0758 e. The number of aliphatic hydroxyl groups is 1. The molecular formula is C16H20O. The van der Waals surface area contributed by atoms with Crippen LogP contribution >= 0.6 is 0 Å². The molecule has 0 aromatic heterocycles. The number of allylic oxidation sites excluding steroid dienone is 2. The Labute approximate surface area is 103 Å². The van der Waals surface area contributed by atoms with Crippen LogP contribution in [-0.4, -0.2) is 11.2 Å². The lowest BCUT2D eigenvalue weighted by Gasteiger charge is -2.29. The molecule has 1 aliphatic rings. The molecule has 0 aliphatic heterocycles. The van der Waals surface area contributed by atoms with E-state index in [2.05, 4.69) is 51.1 Å². The second kappa shape index (κ2) is 4.50. The summed E-state index contributed by atoms with van der Waals surface area (Å²) in [6.07, 6.45) is 6.48. The molecule has 0 fully saturated rings. The standard InChI is InChI=1S/C16H20O/c1-12-4-6-13(7-5-12)16(2,3)14-8-10-15(17)11-9-14/h4-10,15,17H,11H2,1-3H3. The van der Waals surface area contributed by atoms with E-state index in [-0.39, 0.29) is 11.5 Å². The van der Waals surface area contributed by atoms with E-state index in [1.807, 2.05) is 12.2 Å². The molecular weight excluding hydrogens is 208 g/mol.